The van der Waals surface area contributed by atoms with Crippen LogP contribution < -0.4 is 5.32 Å². The van der Waals surface area contributed by atoms with Crippen LogP contribution in [-0.4, -0.2) is 49.2 Å². The second-order valence-corrected chi connectivity index (χ2v) is 4.18. The van der Waals surface area contributed by atoms with Gasteiger partial charge in [0.05, 0.1) is 19.3 Å². The Bertz CT molecular complexity index is 216. The Hall–Kier alpha value is -0.610. The summed E-state index contributed by atoms with van der Waals surface area (Å²) in [4.78, 5) is 13.6. The summed E-state index contributed by atoms with van der Waals surface area (Å²) in [5.74, 6) is 0.215. The molecule has 80 valence electrons. The van der Waals surface area contributed by atoms with E-state index in [1.54, 1.807) is 0 Å². The first kappa shape index (κ1) is 9.93. The van der Waals surface area contributed by atoms with E-state index in [1.807, 2.05) is 11.8 Å². The molecule has 0 aromatic carbocycles. The summed E-state index contributed by atoms with van der Waals surface area (Å²) in [6, 6.07) is 0.609. The van der Waals surface area contributed by atoms with Gasteiger partial charge >= 0.3 is 0 Å². The summed E-state index contributed by atoms with van der Waals surface area (Å²) in [7, 11) is 0. The lowest BCUT2D eigenvalue weighted by molar-refractivity contribution is -0.137. The zero-order chi connectivity index (χ0) is 9.97. The maximum Gasteiger partial charge on any atom is 0.236 e. The van der Waals surface area contributed by atoms with Crippen LogP contribution in [0.2, 0.25) is 0 Å². The van der Waals surface area contributed by atoms with Gasteiger partial charge in [-0.25, -0.2) is 0 Å². The van der Waals surface area contributed by atoms with Crippen molar-refractivity contribution >= 4 is 5.91 Å². The summed E-state index contributed by atoms with van der Waals surface area (Å²) < 4.78 is 5.38. The Kier molecular flexibility index (Phi) is 3.03. The molecule has 0 spiro atoms. The number of morpholine rings is 1. The van der Waals surface area contributed by atoms with E-state index >= 15 is 0 Å². The van der Waals surface area contributed by atoms with Crippen LogP contribution >= 0.6 is 0 Å². The van der Waals surface area contributed by atoms with Gasteiger partial charge in [0.2, 0.25) is 5.91 Å². The van der Waals surface area contributed by atoms with Crippen molar-refractivity contribution in [2.75, 3.05) is 26.2 Å². The van der Waals surface area contributed by atoms with Crippen molar-refractivity contribution in [1.82, 2.24) is 10.2 Å². The van der Waals surface area contributed by atoms with E-state index in [2.05, 4.69) is 5.32 Å². The molecule has 2 rings (SSSR count). The molecule has 1 aliphatic heterocycles. The number of hydrogen-bond donors (Lipinski definition) is 1. The summed E-state index contributed by atoms with van der Waals surface area (Å²) >= 11 is 0. The van der Waals surface area contributed by atoms with E-state index in [4.69, 9.17) is 4.74 Å². The van der Waals surface area contributed by atoms with Gasteiger partial charge in [0.15, 0.2) is 0 Å². The number of ether oxygens (including phenoxy) is 1. The summed E-state index contributed by atoms with van der Waals surface area (Å²) in [6.45, 7) is 4.67. The molecular formula is C10H18N2O2. The summed E-state index contributed by atoms with van der Waals surface area (Å²) in [6.07, 6.45) is 2.65. The third kappa shape index (κ3) is 2.69. The minimum Gasteiger partial charge on any atom is -0.375 e. The standard InChI is InChI=1S/C10H18N2O2/c1-8-7-12(4-5-14-8)10(13)6-11-9-2-3-9/h8-9,11H,2-7H2,1H3. The van der Waals surface area contributed by atoms with Crippen LogP contribution in [0.1, 0.15) is 19.8 Å². The number of amides is 1. The van der Waals surface area contributed by atoms with Crippen molar-refractivity contribution < 1.29 is 9.53 Å². The van der Waals surface area contributed by atoms with Crippen molar-refractivity contribution in [3.8, 4) is 0 Å². The van der Waals surface area contributed by atoms with Crippen molar-refractivity contribution in [2.45, 2.75) is 31.9 Å². The average Bonchev–Trinajstić information content (AvgIpc) is 2.97. The number of carbonyl (C=O) groups is 1. The zero-order valence-electron chi connectivity index (χ0n) is 8.66. The molecular weight excluding hydrogens is 180 g/mol. The molecule has 0 radical (unpaired) electrons. The number of nitrogens with zero attached hydrogens (tertiary/aromatic N) is 1. The molecule has 0 aromatic heterocycles. The molecule has 4 nitrogen and oxygen atoms in total. The van der Waals surface area contributed by atoms with Gasteiger partial charge in [0.1, 0.15) is 0 Å². The summed E-state index contributed by atoms with van der Waals surface area (Å²) in [5, 5.41) is 3.24. The first-order chi connectivity index (χ1) is 6.75. The number of rotatable bonds is 3. The number of nitrogens with one attached hydrogen (secondary N) is 1. The maximum absolute atomic E-state index is 11.7. The van der Waals surface area contributed by atoms with Gasteiger partial charge in [0, 0.05) is 19.1 Å². The van der Waals surface area contributed by atoms with Crippen LogP contribution in [-0.2, 0) is 9.53 Å². The van der Waals surface area contributed by atoms with Crippen LogP contribution in [0.3, 0.4) is 0 Å². The highest BCUT2D eigenvalue weighted by molar-refractivity contribution is 5.78. The molecule has 14 heavy (non-hydrogen) atoms. The Morgan fingerprint density at radius 1 is 1.57 bits per heavy atom. The number of hydrogen-bond acceptors (Lipinski definition) is 3. The monoisotopic (exact) mass is 198 g/mol. The Balaban J connectivity index is 1.71. The molecule has 0 aromatic rings. The van der Waals surface area contributed by atoms with Crippen LogP contribution in [0.25, 0.3) is 0 Å². The van der Waals surface area contributed by atoms with Gasteiger partial charge in [-0.1, -0.05) is 0 Å². The largest absolute Gasteiger partial charge is 0.375 e. The van der Waals surface area contributed by atoms with E-state index in [0.717, 1.165) is 13.1 Å². The van der Waals surface area contributed by atoms with E-state index in [9.17, 15) is 4.79 Å². The molecule has 1 amide bonds. The van der Waals surface area contributed by atoms with Crippen molar-refractivity contribution in [2.24, 2.45) is 0 Å². The van der Waals surface area contributed by atoms with E-state index in [1.165, 1.54) is 12.8 Å². The molecule has 2 aliphatic rings. The highest BCUT2D eigenvalue weighted by Crippen LogP contribution is 2.18. The van der Waals surface area contributed by atoms with Crippen LogP contribution in [0.15, 0.2) is 0 Å². The molecule has 1 aliphatic carbocycles. The Morgan fingerprint density at radius 2 is 2.36 bits per heavy atom. The third-order valence-electron chi connectivity index (χ3n) is 2.71. The van der Waals surface area contributed by atoms with E-state index in [-0.39, 0.29) is 12.0 Å². The normalized spacial score (nSPS) is 27.8. The quantitative estimate of drug-likeness (QED) is 0.693. The second kappa shape index (κ2) is 4.28. The average molecular weight is 198 g/mol. The first-order valence-corrected chi connectivity index (χ1v) is 5.38. The smallest absolute Gasteiger partial charge is 0.236 e. The molecule has 2 fully saturated rings. The van der Waals surface area contributed by atoms with Crippen LogP contribution in [0.4, 0.5) is 0 Å². The minimum absolute atomic E-state index is 0.189. The Labute approximate surface area is 84.6 Å². The lowest BCUT2D eigenvalue weighted by Crippen LogP contribution is -2.47. The van der Waals surface area contributed by atoms with Gasteiger partial charge in [-0.15, -0.1) is 0 Å². The van der Waals surface area contributed by atoms with E-state index in [0.29, 0.717) is 19.2 Å². The predicted molar refractivity (Wildman–Crippen MR) is 53.0 cm³/mol. The highest BCUT2D eigenvalue weighted by Gasteiger charge is 2.24. The molecule has 1 atom stereocenters. The van der Waals surface area contributed by atoms with Gasteiger partial charge in [-0.3, -0.25) is 4.79 Å². The minimum atomic E-state index is 0.189. The van der Waals surface area contributed by atoms with Gasteiger partial charge in [-0.05, 0) is 19.8 Å². The van der Waals surface area contributed by atoms with Crippen molar-refractivity contribution in [3.05, 3.63) is 0 Å². The van der Waals surface area contributed by atoms with Crippen molar-refractivity contribution in [1.29, 1.82) is 0 Å². The van der Waals surface area contributed by atoms with Gasteiger partial charge < -0.3 is 15.0 Å². The number of carbonyl (C=O) groups excluding carboxylic acids is 1. The SMILES string of the molecule is CC1CN(C(=O)CNC2CC2)CCO1. The molecule has 0 bridgehead atoms. The van der Waals surface area contributed by atoms with Crippen LogP contribution in [0.5, 0.6) is 0 Å². The molecule has 1 N–H and O–H groups in total. The zero-order valence-corrected chi connectivity index (χ0v) is 8.66. The fraction of sp³-hybridized carbons (Fsp3) is 0.900. The van der Waals surface area contributed by atoms with Gasteiger partial charge in [0.25, 0.3) is 0 Å². The molecule has 4 heteroatoms. The first-order valence-electron chi connectivity index (χ1n) is 5.38. The van der Waals surface area contributed by atoms with Gasteiger partial charge in [-0.2, -0.15) is 0 Å². The fourth-order valence-corrected chi connectivity index (χ4v) is 1.68. The lowest BCUT2D eigenvalue weighted by Gasteiger charge is -2.31. The molecule has 1 heterocycles. The maximum atomic E-state index is 11.7. The van der Waals surface area contributed by atoms with Crippen molar-refractivity contribution in [3.63, 3.8) is 0 Å². The predicted octanol–water partition coefficient (Wildman–Crippen LogP) is -0.0143. The topological polar surface area (TPSA) is 41.6 Å². The third-order valence-corrected chi connectivity index (χ3v) is 2.71. The molecule has 1 unspecified atom stereocenters. The molecule has 1 saturated carbocycles. The van der Waals surface area contributed by atoms with E-state index < -0.39 is 0 Å². The lowest BCUT2D eigenvalue weighted by atomic mass is 10.3. The van der Waals surface area contributed by atoms with Crippen LogP contribution in [0, 0.1) is 0 Å². The fourth-order valence-electron chi connectivity index (χ4n) is 1.68. The highest BCUT2D eigenvalue weighted by atomic mass is 16.5. The summed E-state index contributed by atoms with van der Waals surface area (Å²) in [5.41, 5.74) is 0. The second-order valence-electron chi connectivity index (χ2n) is 4.18. The molecule has 1 saturated heterocycles. The Morgan fingerprint density at radius 3 is 3.00 bits per heavy atom.